The number of nitrogens with zero attached hydrogens (tertiary/aromatic N) is 2. The third-order valence-corrected chi connectivity index (χ3v) is 8.42. The van der Waals surface area contributed by atoms with Gasteiger partial charge in [0.1, 0.15) is 11.5 Å². The minimum absolute atomic E-state index is 0.0527. The molecule has 5 nitrogen and oxygen atoms in total. The van der Waals surface area contributed by atoms with Gasteiger partial charge in [0.2, 0.25) is 0 Å². The van der Waals surface area contributed by atoms with Crippen LogP contribution in [0, 0.1) is 3.57 Å². The molecule has 1 unspecified atom stereocenters. The van der Waals surface area contributed by atoms with Crippen molar-refractivity contribution in [2.24, 2.45) is 4.99 Å². The lowest BCUT2D eigenvalue weighted by Crippen LogP contribution is -2.38. The molecule has 0 amide bonds. The van der Waals surface area contributed by atoms with E-state index in [9.17, 15) is 9.90 Å². The largest absolute Gasteiger partial charge is 0.507 e. The predicted octanol–water partition coefficient (Wildman–Crippen LogP) is 4.64. The van der Waals surface area contributed by atoms with E-state index in [2.05, 4.69) is 46.9 Å². The molecule has 1 N–H and O–H groups in total. The Kier molecular flexibility index (Phi) is 5.61. The summed E-state index contributed by atoms with van der Waals surface area (Å²) in [5.74, 6) is 1.02. The van der Waals surface area contributed by atoms with Gasteiger partial charge in [-0.05, 0) is 88.0 Å². The lowest BCUT2D eigenvalue weighted by Gasteiger charge is -2.30. The van der Waals surface area contributed by atoms with Crippen LogP contribution < -0.4 is 19.6 Å². The van der Waals surface area contributed by atoms with E-state index in [1.807, 2.05) is 47.0 Å². The van der Waals surface area contributed by atoms with Crippen LogP contribution in [0.25, 0.3) is 11.8 Å². The summed E-state index contributed by atoms with van der Waals surface area (Å²) in [5.41, 5.74) is 6.46. The standard InChI is InChI=1S/C28H21IN2O3S/c1-34-19-10-7-18(8-11-19)26-21-12-9-17-4-2-3-5-20(17)25(21)30-28-31(26)27(33)24(35-28)15-16-6-13-23(32)22(29)14-16/h2-8,10-11,13-15,26,32H,9,12H2,1H3. The highest BCUT2D eigenvalue weighted by atomic mass is 127. The van der Waals surface area contributed by atoms with Crippen LogP contribution in [0.2, 0.25) is 0 Å². The van der Waals surface area contributed by atoms with E-state index in [-0.39, 0.29) is 17.4 Å². The van der Waals surface area contributed by atoms with Crippen molar-refractivity contribution in [2.75, 3.05) is 7.11 Å². The highest BCUT2D eigenvalue weighted by Crippen LogP contribution is 2.41. The summed E-state index contributed by atoms with van der Waals surface area (Å²) in [7, 11) is 1.65. The van der Waals surface area contributed by atoms with E-state index >= 15 is 0 Å². The van der Waals surface area contributed by atoms with Crippen LogP contribution in [0.4, 0.5) is 0 Å². The Morgan fingerprint density at radius 3 is 2.69 bits per heavy atom. The number of rotatable bonds is 3. The number of phenols is 1. The van der Waals surface area contributed by atoms with Gasteiger partial charge < -0.3 is 9.84 Å². The van der Waals surface area contributed by atoms with Gasteiger partial charge in [0, 0.05) is 5.56 Å². The molecule has 7 heteroatoms. The zero-order chi connectivity index (χ0) is 24.1. The molecule has 1 aliphatic carbocycles. The second-order valence-corrected chi connectivity index (χ2v) is 10.8. The quantitative estimate of drug-likeness (QED) is 0.353. The first kappa shape index (κ1) is 22.3. The number of methoxy groups -OCH3 is 1. The molecule has 0 saturated carbocycles. The molecule has 1 aromatic heterocycles. The number of aryl methyl sites for hydroxylation is 1. The fourth-order valence-electron chi connectivity index (χ4n) is 4.87. The molecule has 6 rings (SSSR count). The second kappa shape index (κ2) is 8.80. The second-order valence-electron chi connectivity index (χ2n) is 8.60. The van der Waals surface area contributed by atoms with Crippen molar-refractivity contribution in [3.05, 3.63) is 118 Å². The Morgan fingerprint density at radius 2 is 1.91 bits per heavy atom. The Bertz CT molecular complexity index is 1680. The van der Waals surface area contributed by atoms with Crippen molar-refractivity contribution in [1.82, 2.24) is 4.57 Å². The van der Waals surface area contributed by atoms with Crippen molar-refractivity contribution in [3.8, 4) is 11.5 Å². The molecule has 1 aliphatic heterocycles. The minimum atomic E-state index is -0.220. The van der Waals surface area contributed by atoms with E-state index in [1.54, 1.807) is 13.2 Å². The molecule has 0 bridgehead atoms. The highest BCUT2D eigenvalue weighted by molar-refractivity contribution is 14.1. The van der Waals surface area contributed by atoms with Crippen molar-refractivity contribution in [2.45, 2.75) is 18.9 Å². The summed E-state index contributed by atoms with van der Waals surface area (Å²) in [5, 5.41) is 9.88. The Morgan fingerprint density at radius 1 is 1.11 bits per heavy atom. The van der Waals surface area contributed by atoms with Gasteiger partial charge in [-0.25, -0.2) is 4.99 Å². The average molecular weight is 592 g/mol. The smallest absolute Gasteiger partial charge is 0.271 e. The van der Waals surface area contributed by atoms with Gasteiger partial charge in [0.15, 0.2) is 4.80 Å². The number of aromatic hydroxyl groups is 1. The van der Waals surface area contributed by atoms with Gasteiger partial charge in [-0.1, -0.05) is 53.8 Å². The first-order valence-electron chi connectivity index (χ1n) is 11.3. The number of phenolic OH excluding ortho intramolecular Hbond substituents is 1. The lowest BCUT2D eigenvalue weighted by molar-refractivity contribution is 0.414. The van der Waals surface area contributed by atoms with E-state index in [4.69, 9.17) is 9.73 Å². The molecular weight excluding hydrogens is 571 g/mol. The Balaban J connectivity index is 1.60. The van der Waals surface area contributed by atoms with Gasteiger partial charge >= 0.3 is 0 Å². The number of hydrogen-bond acceptors (Lipinski definition) is 5. The van der Waals surface area contributed by atoms with Crippen LogP contribution in [-0.4, -0.2) is 16.8 Å². The SMILES string of the molecule is COc1ccc(C2C3=C(N=c4sc(=Cc5ccc(O)c(I)c5)c(=O)n42)c2ccccc2CC3)cc1. The fourth-order valence-corrected chi connectivity index (χ4v) is 6.41. The van der Waals surface area contributed by atoms with Gasteiger partial charge in [-0.3, -0.25) is 9.36 Å². The Labute approximate surface area is 219 Å². The van der Waals surface area contributed by atoms with Crippen LogP contribution in [0.1, 0.15) is 34.7 Å². The number of thiazole rings is 1. The summed E-state index contributed by atoms with van der Waals surface area (Å²) < 4.78 is 8.58. The van der Waals surface area contributed by atoms with Crippen LogP contribution in [-0.2, 0) is 6.42 Å². The lowest BCUT2D eigenvalue weighted by atomic mass is 9.83. The summed E-state index contributed by atoms with van der Waals surface area (Å²) in [4.78, 5) is 19.5. The van der Waals surface area contributed by atoms with Crippen LogP contribution in [0.3, 0.4) is 0 Å². The molecule has 0 fully saturated rings. The van der Waals surface area contributed by atoms with Crippen LogP contribution in [0.15, 0.2) is 82.1 Å². The molecule has 2 heterocycles. The highest BCUT2D eigenvalue weighted by Gasteiger charge is 2.32. The van der Waals surface area contributed by atoms with Gasteiger partial charge in [0.25, 0.3) is 5.56 Å². The normalized spacial score (nSPS) is 16.9. The molecule has 3 aromatic carbocycles. The minimum Gasteiger partial charge on any atom is -0.507 e. The molecule has 0 radical (unpaired) electrons. The summed E-state index contributed by atoms with van der Waals surface area (Å²) in [6, 6.07) is 21.5. The first-order chi connectivity index (χ1) is 17.0. The predicted molar refractivity (Wildman–Crippen MR) is 147 cm³/mol. The molecule has 0 saturated heterocycles. The number of allylic oxidation sites excluding steroid dienone is 1. The van der Waals surface area contributed by atoms with Gasteiger partial charge in [-0.2, -0.15) is 0 Å². The number of halogens is 1. The van der Waals surface area contributed by atoms with Crippen LogP contribution in [0.5, 0.6) is 11.5 Å². The number of fused-ring (bicyclic) bond motifs is 3. The molecule has 174 valence electrons. The van der Waals surface area contributed by atoms with Crippen molar-refractivity contribution in [3.63, 3.8) is 0 Å². The number of ether oxygens (including phenoxy) is 1. The zero-order valence-electron chi connectivity index (χ0n) is 18.9. The zero-order valence-corrected chi connectivity index (χ0v) is 21.8. The fraction of sp³-hybridized carbons (Fsp3) is 0.143. The molecular formula is C28H21IN2O3S. The first-order valence-corrected chi connectivity index (χ1v) is 13.2. The van der Waals surface area contributed by atoms with E-state index in [0.717, 1.165) is 44.5 Å². The number of benzene rings is 3. The van der Waals surface area contributed by atoms with Crippen molar-refractivity contribution < 1.29 is 9.84 Å². The topological polar surface area (TPSA) is 63.8 Å². The molecule has 4 aromatic rings. The molecule has 2 aliphatic rings. The maximum atomic E-state index is 13.8. The summed E-state index contributed by atoms with van der Waals surface area (Å²) in [6.07, 6.45) is 3.66. The third-order valence-electron chi connectivity index (χ3n) is 6.57. The molecule has 1 atom stereocenters. The number of hydrogen-bond donors (Lipinski definition) is 1. The monoisotopic (exact) mass is 592 g/mol. The maximum Gasteiger partial charge on any atom is 0.271 e. The van der Waals surface area contributed by atoms with E-state index < -0.39 is 0 Å². The van der Waals surface area contributed by atoms with E-state index in [0.29, 0.717) is 9.33 Å². The molecule has 35 heavy (non-hydrogen) atoms. The maximum absolute atomic E-state index is 13.8. The van der Waals surface area contributed by atoms with Crippen LogP contribution >= 0.6 is 33.9 Å². The number of aromatic nitrogens is 1. The van der Waals surface area contributed by atoms with Crippen molar-refractivity contribution in [1.29, 1.82) is 0 Å². The van der Waals surface area contributed by atoms with Crippen molar-refractivity contribution >= 4 is 45.7 Å². The van der Waals surface area contributed by atoms with E-state index in [1.165, 1.54) is 22.5 Å². The third kappa shape index (κ3) is 3.83. The average Bonchev–Trinajstić information content (AvgIpc) is 3.19. The summed E-state index contributed by atoms with van der Waals surface area (Å²) in [6.45, 7) is 0. The molecule has 0 spiro atoms. The van der Waals surface area contributed by atoms with Gasteiger partial charge in [-0.15, -0.1) is 0 Å². The van der Waals surface area contributed by atoms with Gasteiger partial charge in [0.05, 0.1) is 27.0 Å². The summed E-state index contributed by atoms with van der Waals surface area (Å²) >= 11 is 3.50. The Hall–Kier alpha value is -3.17.